The first-order valence-corrected chi connectivity index (χ1v) is 9.36. The number of aromatic nitrogens is 1. The number of aliphatic imine (C=N–C) groups is 1. The van der Waals surface area contributed by atoms with Crippen molar-refractivity contribution >= 4 is 29.9 Å². The standard InChI is InChI=1S/C19H30N4O2.HI/c1-3-4-11-25-17-16(6-5-9-21-17)13-22-18(20-2)23-10-7-19(14-23)8-12-24-15-19;/h5-6,9H,3-4,7-8,10-15H2,1-2H3,(H,20,22);1H. The summed E-state index contributed by atoms with van der Waals surface area (Å²) in [7, 11) is 1.85. The van der Waals surface area contributed by atoms with E-state index in [4.69, 9.17) is 9.47 Å². The van der Waals surface area contributed by atoms with Gasteiger partial charge in [-0.05, 0) is 25.3 Å². The molecule has 0 aromatic carbocycles. The topological polar surface area (TPSA) is 59.0 Å². The first-order valence-electron chi connectivity index (χ1n) is 9.36. The Hall–Kier alpha value is -1.09. The minimum Gasteiger partial charge on any atom is -0.477 e. The number of hydrogen-bond acceptors (Lipinski definition) is 4. The molecular weight excluding hydrogens is 443 g/mol. The molecule has 3 heterocycles. The van der Waals surface area contributed by atoms with Gasteiger partial charge >= 0.3 is 0 Å². The lowest BCUT2D eigenvalue weighted by molar-refractivity contribution is 0.156. The maximum Gasteiger partial charge on any atom is 0.218 e. The number of halogens is 1. The number of unbranched alkanes of at least 4 members (excludes halogenated alkanes) is 1. The highest BCUT2D eigenvalue weighted by Gasteiger charge is 2.42. The van der Waals surface area contributed by atoms with Crippen molar-refractivity contribution in [3.05, 3.63) is 23.9 Å². The van der Waals surface area contributed by atoms with Crippen LogP contribution in [0.4, 0.5) is 0 Å². The van der Waals surface area contributed by atoms with E-state index in [0.29, 0.717) is 18.6 Å². The lowest BCUT2D eigenvalue weighted by atomic mass is 9.87. The molecule has 1 aromatic heterocycles. The Labute approximate surface area is 173 Å². The Morgan fingerprint density at radius 2 is 2.35 bits per heavy atom. The van der Waals surface area contributed by atoms with Crippen LogP contribution in [0.1, 0.15) is 38.2 Å². The highest BCUT2D eigenvalue weighted by Crippen LogP contribution is 2.38. The van der Waals surface area contributed by atoms with Gasteiger partial charge in [0.15, 0.2) is 5.96 Å². The van der Waals surface area contributed by atoms with Crippen LogP contribution in [-0.2, 0) is 11.3 Å². The summed E-state index contributed by atoms with van der Waals surface area (Å²) in [5.74, 6) is 1.67. The highest BCUT2D eigenvalue weighted by atomic mass is 127. The molecule has 146 valence electrons. The number of nitrogens with one attached hydrogen (secondary N) is 1. The van der Waals surface area contributed by atoms with Crippen molar-refractivity contribution in [2.24, 2.45) is 10.4 Å². The number of guanidine groups is 1. The van der Waals surface area contributed by atoms with Crippen molar-refractivity contribution in [1.82, 2.24) is 15.2 Å². The van der Waals surface area contributed by atoms with Crippen molar-refractivity contribution in [2.75, 3.05) is 40.0 Å². The van der Waals surface area contributed by atoms with Crippen LogP contribution in [0.3, 0.4) is 0 Å². The molecule has 0 radical (unpaired) electrons. The number of pyridine rings is 1. The fourth-order valence-corrected chi connectivity index (χ4v) is 3.60. The average molecular weight is 474 g/mol. The fraction of sp³-hybridized carbons (Fsp3) is 0.684. The van der Waals surface area contributed by atoms with Gasteiger partial charge in [0, 0.05) is 50.5 Å². The maximum atomic E-state index is 5.82. The third-order valence-electron chi connectivity index (χ3n) is 5.16. The summed E-state index contributed by atoms with van der Waals surface area (Å²) in [5, 5.41) is 3.48. The molecule has 6 nitrogen and oxygen atoms in total. The van der Waals surface area contributed by atoms with E-state index in [0.717, 1.165) is 56.5 Å². The van der Waals surface area contributed by atoms with Gasteiger partial charge in [0.2, 0.25) is 5.88 Å². The Morgan fingerprint density at radius 1 is 1.46 bits per heavy atom. The third-order valence-corrected chi connectivity index (χ3v) is 5.16. The zero-order chi connectivity index (χ0) is 17.5. The number of ether oxygens (including phenoxy) is 2. The molecule has 2 aliphatic rings. The molecule has 2 saturated heterocycles. The molecule has 0 bridgehead atoms. The second kappa shape index (κ2) is 10.3. The van der Waals surface area contributed by atoms with Crippen LogP contribution in [-0.4, -0.2) is 55.8 Å². The summed E-state index contributed by atoms with van der Waals surface area (Å²) in [6.07, 6.45) is 6.30. The van der Waals surface area contributed by atoms with E-state index >= 15 is 0 Å². The smallest absolute Gasteiger partial charge is 0.218 e. The van der Waals surface area contributed by atoms with Crippen LogP contribution in [0.15, 0.2) is 23.3 Å². The quantitative estimate of drug-likeness (QED) is 0.297. The van der Waals surface area contributed by atoms with E-state index in [2.05, 4.69) is 33.2 Å². The molecule has 1 atom stereocenters. The SMILES string of the molecule is CCCCOc1ncccc1CNC(=NC)N1CCC2(CCOC2)C1.I. The summed E-state index contributed by atoms with van der Waals surface area (Å²) in [5.41, 5.74) is 1.40. The predicted molar refractivity (Wildman–Crippen MR) is 114 cm³/mol. The van der Waals surface area contributed by atoms with E-state index in [1.54, 1.807) is 6.20 Å². The van der Waals surface area contributed by atoms with E-state index in [-0.39, 0.29) is 24.0 Å². The third kappa shape index (κ3) is 5.22. The van der Waals surface area contributed by atoms with Crippen LogP contribution in [0.5, 0.6) is 5.88 Å². The molecule has 1 spiro atoms. The normalized spacial score (nSPS) is 22.5. The van der Waals surface area contributed by atoms with Gasteiger partial charge in [0.1, 0.15) is 0 Å². The highest BCUT2D eigenvalue weighted by molar-refractivity contribution is 14.0. The summed E-state index contributed by atoms with van der Waals surface area (Å²) in [6.45, 7) is 7.39. The van der Waals surface area contributed by atoms with Crippen molar-refractivity contribution in [3.63, 3.8) is 0 Å². The van der Waals surface area contributed by atoms with Crippen molar-refractivity contribution < 1.29 is 9.47 Å². The number of rotatable bonds is 6. The summed E-state index contributed by atoms with van der Waals surface area (Å²) in [6, 6.07) is 4.01. The minimum absolute atomic E-state index is 0. The molecule has 2 fully saturated rings. The lowest BCUT2D eigenvalue weighted by Crippen LogP contribution is -2.41. The summed E-state index contributed by atoms with van der Waals surface area (Å²) < 4.78 is 11.4. The van der Waals surface area contributed by atoms with Crippen molar-refractivity contribution in [1.29, 1.82) is 0 Å². The molecule has 2 aliphatic heterocycles. The van der Waals surface area contributed by atoms with Gasteiger partial charge in [-0.2, -0.15) is 0 Å². The monoisotopic (exact) mass is 474 g/mol. The van der Waals surface area contributed by atoms with Crippen LogP contribution in [0.25, 0.3) is 0 Å². The van der Waals surface area contributed by atoms with Crippen LogP contribution >= 0.6 is 24.0 Å². The van der Waals surface area contributed by atoms with E-state index in [1.165, 1.54) is 12.8 Å². The molecule has 7 heteroatoms. The molecule has 3 rings (SSSR count). The summed E-state index contributed by atoms with van der Waals surface area (Å²) in [4.78, 5) is 11.2. The van der Waals surface area contributed by atoms with Crippen LogP contribution < -0.4 is 10.1 Å². The maximum absolute atomic E-state index is 5.82. The Bertz CT molecular complexity index is 591. The molecular formula is C19H31IN4O2. The van der Waals surface area contributed by atoms with Gasteiger partial charge in [-0.15, -0.1) is 24.0 Å². The predicted octanol–water partition coefficient (Wildman–Crippen LogP) is 3.07. The van der Waals surface area contributed by atoms with Gasteiger partial charge in [-0.1, -0.05) is 19.4 Å². The number of likely N-dealkylation sites (tertiary alicyclic amines) is 1. The van der Waals surface area contributed by atoms with E-state index in [1.807, 2.05) is 13.1 Å². The molecule has 0 amide bonds. The Morgan fingerprint density at radius 3 is 3.08 bits per heavy atom. The summed E-state index contributed by atoms with van der Waals surface area (Å²) >= 11 is 0. The second-order valence-corrected chi connectivity index (χ2v) is 7.04. The Kier molecular flexibility index (Phi) is 8.40. The molecule has 0 aliphatic carbocycles. The van der Waals surface area contributed by atoms with E-state index in [9.17, 15) is 0 Å². The van der Waals surface area contributed by atoms with E-state index < -0.39 is 0 Å². The lowest BCUT2D eigenvalue weighted by Gasteiger charge is -2.25. The van der Waals surface area contributed by atoms with Gasteiger partial charge < -0.3 is 19.7 Å². The molecule has 1 unspecified atom stereocenters. The zero-order valence-electron chi connectivity index (χ0n) is 15.9. The first-order chi connectivity index (χ1) is 12.3. The molecule has 0 saturated carbocycles. The van der Waals surface area contributed by atoms with Gasteiger partial charge in [0.25, 0.3) is 0 Å². The van der Waals surface area contributed by atoms with Crippen LogP contribution in [0, 0.1) is 5.41 Å². The second-order valence-electron chi connectivity index (χ2n) is 7.04. The van der Waals surface area contributed by atoms with Gasteiger partial charge in [0.05, 0.1) is 13.2 Å². The van der Waals surface area contributed by atoms with Crippen molar-refractivity contribution in [2.45, 2.75) is 39.2 Å². The minimum atomic E-state index is 0. The fourth-order valence-electron chi connectivity index (χ4n) is 3.60. The molecule has 1 N–H and O–H groups in total. The van der Waals surface area contributed by atoms with Crippen LogP contribution in [0.2, 0.25) is 0 Å². The largest absolute Gasteiger partial charge is 0.477 e. The van der Waals surface area contributed by atoms with Gasteiger partial charge in [-0.3, -0.25) is 4.99 Å². The zero-order valence-corrected chi connectivity index (χ0v) is 18.2. The Balaban J connectivity index is 0.00000243. The first kappa shape index (κ1) is 21.2. The molecule has 1 aromatic rings. The molecule has 26 heavy (non-hydrogen) atoms. The number of nitrogens with zero attached hydrogens (tertiary/aromatic N) is 3. The van der Waals surface area contributed by atoms with Crippen molar-refractivity contribution in [3.8, 4) is 5.88 Å². The average Bonchev–Trinajstić information content (AvgIpc) is 3.27. The number of hydrogen-bond donors (Lipinski definition) is 1. The van der Waals surface area contributed by atoms with Gasteiger partial charge in [-0.25, -0.2) is 4.98 Å².